The summed E-state index contributed by atoms with van der Waals surface area (Å²) in [4.78, 5) is 40.7. The Balaban J connectivity index is 1.18. The average Bonchev–Trinajstić information content (AvgIpc) is 3.30. The maximum absolute atomic E-state index is 14.4. The minimum Gasteiger partial charge on any atom is -0.487 e. The lowest BCUT2D eigenvalue weighted by atomic mass is 10.00. The van der Waals surface area contributed by atoms with Crippen LogP contribution in [-0.4, -0.2) is 58.8 Å². The highest BCUT2D eigenvalue weighted by Crippen LogP contribution is 2.31. The number of hydrogen-bond acceptors (Lipinski definition) is 6. The van der Waals surface area contributed by atoms with Gasteiger partial charge in [0.15, 0.2) is 11.6 Å². The highest BCUT2D eigenvalue weighted by atomic mass is 19.2. The summed E-state index contributed by atoms with van der Waals surface area (Å²) in [7, 11) is 0. The summed E-state index contributed by atoms with van der Waals surface area (Å²) in [5.74, 6) is -2.13. The van der Waals surface area contributed by atoms with Crippen molar-refractivity contribution in [2.24, 2.45) is 0 Å². The van der Waals surface area contributed by atoms with Gasteiger partial charge in [-0.1, -0.05) is 42.5 Å². The molecule has 0 aromatic heterocycles. The van der Waals surface area contributed by atoms with Crippen molar-refractivity contribution in [2.75, 3.05) is 13.1 Å². The predicted octanol–water partition coefficient (Wildman–Crippen LogP) is 3.54. The summed E-state index contributed by atoms with van der Waals surface area (Å²) < 4.78 is 34.8. The maximum Gasteiger partial charge on any atom is 0.255 e. The van der Waals surface area contributed by atoms with E-state index < -0.39 is 23.6 Å². The highest BCUT2D eigenvalue weighted by molar-refractivity contribution is 6.05. The molecule has 0 bridgehead atoms. The molecule has 2 saturated heterocycles. The molecule has 1 unspecified atom stereocenters. The second kappa shape index (κ2) is 12.0. The zero-order valence-electron chi connectivity index (χ0n) is 23.0. The topological polar surface area (TPSA) is 91.0 Å². The molecule has 42 heavy (non-hydrogen) atoms. The lowest BCUT2D eigenvalue weighted by Gasteiger charge is -2.39. The van der Waals surface area contributed by atoms with Crippen molar-refractivity contribution in [3.05, 3.63) is 101 Å². The number of halogens is 2. The molecule has 3 heterocycles. The lowest BCUT2D eigenvalue weighted by molar-refractivity contribution is -0.136. The number of carbonyl (C=O) groups is 3. The lowest BCUT2D eigenvalue weighted by Crippen LogP contribution is -2.54. The van der Waals surface area contributed by atoms with Gasteiger partial charge in [0.05, 0.1) is 0 Å². The molecule has 2 fully saturated rings. The largest absolute Gasteiger partial charge is 0.487 e. The number of likely N-dealkylation sites (tertiary alicyclic amines) is 1. The van der Waals surface area contributed by atoms with E-state index in [1.807, 2.05) is 24.3 Å². The molecule has 3 aliphatic rings. The van der Waals surface area contributed by atoms with Crippen molar-refractivity contribution >= 4 is 17.7 Å². The predicted molar refractivity (Wildman–Crippen MR) is 150 cm³/mol. The van der Waals surface area contributed by atoms with Gasteiger partial charge in [0.1, 0.15) is 17.9 Å². The number of carbonyl (C=O) groups excluding carboxylic acids is 3. The van der Waals surface area contributed by atoms with Crippen molar-refractivity contribution in [1.82, 2.24) is 20.4 Å². The van der Waals surface area contributed by atoms with E-state index in [0.29, 0.717) is 42.9 Å². The molecular formula is C32H32F2N4O4. The Kier molecular flexibility index (Phi) is 7.99. The van der Waals surface area contributed by atoms with Gasteiger partial charge in [0.25, 0.3) is 5.91 Å². The SMILES string of the molecule is O=C1CCC(N2Cc3cc(O[C@@H]4CN(Cc5cccc(F)c5F)CC[C@H]4NCc4ccccc4)ccc3C2=O)C(=O)N1. The number of ether oxygens (including phenoxy) is 1. The molecule has 3 amide bonds. The zero-order valence-corrected chi connectivity index (χ0v) is 23.0. The van der Waals surface area contributed by atoms with Gasteiger partial charge in [-0.2, -0.15) is 0 Å². The second-order valence-electron chi connectivity index (χ2n) is 11.1. The zero-order chi connectivity index (χ0) is 29.2. The van der Waals surface area contributed by atoms with Crippen molar-refractivity contribution in [3.63, 3.8) is 0 Å². The first-order chi connectivity index (χ1) is 20.4. The highest BCUT2D eigenvalue weighted by Gasteiger charge is 2.39. The number of piperidine rings is 2. The molecule has 3 aromatic carbocycles. The van der Waals surface area contributed by atoms with Crippen molar-refractivity contribution in [1.29, 1.82) is 0 Å². The van der Waals surface area contributed by atoms with E-state index in [1.165, 1.54) is 11.0 Å². The van der Waals surface area contributed by atoms with Crippen LogP contribution in [0.15, 0.2) is 66.7 Å². The van der Waals surface area contributed by atoms with Gasteiger partial charge in [-0.25, -0.2) is 8.78 Å². The third-order valence-electron chi connectivity index (χ3n) is 8.26. The monoisotopic (exact) mass is 574 g/mol. The van der Waals surface area contributed by atoms with Gasteiger partial charge >= 0.3 is 0 Å². The average molecular weight is 575 g/mol. The van der Waals surface area contributed by atoms with E-state index in [-0.39, 0.29) is 43.5 Å². The molecule has 3 atom stereocenters. The van der Waals surface area contributed by atoms with Crippen LogP contribution in [0.4, 0.5) is 8.78 Å². The molecule has 0 saturated carbocycles. The first-order valence-corrected chi connectivity index (χ1v) is 14.2. The number of fused-ring (bicyclic) bond motifs is 1. The number of benzene rings is 3. The van der Waals surface area contributed by atoms with Gasteiger partial charge in [-0.3, -0.25) is 24.6 Å². The summed E-state index contributed by atoms with van der Waals surface area (Å²) in [5, 5.41) is 5.93. The molecule has 6 rings (SSSR count). The van der Waals surface area contributed by atoms with E-state index in [2.05, 4.69) is 27.7 Å². The summed E-state index contributed by atoms with van der Waals surface area (Å²) in [5.41, 5.74) is 2.71. The Morgan fingerprint density at radius 2 is 1.81 bits per heavy atom. The normalized spacial score (nSPS) is 22.7. The fourth-order valence-corrected chi connectivity index (χ4v) is 6.03. The first kappa shape index (κ1) is 28.0. The van der Waals surface area contributed by atoms with Crippen LogP contribution in [0.5, 0.6) is 5.75 Å². The Bertz CT molecular complexity index is 1500. The Morgan fingerprint density at radius 1 is 0.976 bits per heavy atom. The summed E-state index contributed by atoms with van der Waals surface area (Å²) in [6, 6.07) is 18.9. The van der Waals surface area contributed by atoms with Crippen molar-refractivity contribution < 1.29 is 27.9 Å². The van der Waals surface area contributed by atoms with Gasteiger partial charge in [0.2, 0.25) is 11.8 Å². The fourth-order valence-electron chi connectivity index (χ4n) is 6.03. The van der Waals surface area contributed by atoms with Crippen LogP contribution >= 0.6 is 0 Å². The van der Waals surface area contributed by atoms with Crippen LogP contribution in [0.2, 0.25) is 0 Å². The molecular weight excluding hydrogens is 542 g/mol. The number of nitrogens with one attached hydrogen (secondary N) is 2. The van der Waals surface area contributed by atoms with Crippen LogP contribution in [0.1, 0.15) is 46.3 Å². The summed E-state index contributed by atoms with van der Waals surface area (Å²) in [6.45, 7) is 2.34. The number of amides is 3. The van der Waals surface area contributed by atoms with E-state index >= 15 is 0 Å². The third kappa shape index (κ3) is 5.91. The van der Waals surface area contributed by atoms with Gasteiger partial charge in [-0.15, -0.1) is 0 Å². The van der Waals surface area contributed by atoms with Gasteiger partial charge < -0.3 is 15.0 Å². The van der Waals surface area contributed by atoms with Crippen molar-refractivity contribution in [3.8, 4) is 5.75 Å². The number of nitrogens with zero attached hydrogens (tertiary/aromatic N) is 2. The Hall–Kier alpha value is -4.15. The molecule has 218 valence electrons. The van der Waals surface area contributed by atoms with Crippen LogP contribution in [-0.2, 0) is 29.2 Å². The summed E-state index contributed by atoms with van der Waals surface area (Å²) >= 11 is 0. The number of imide groups is 1. The number of hydrogen-bond donors (Lipinski definition) is 2. The van der Waals surface area contributed by atoms with Crippen LogP contribution in [0.3, 0.4) is 0 Å². The molecule has 0 aliphatic carbocycles. The molecule has 3 aliphatic heterocycles. The standard InChI is InChI=1S/C32H32F2N4O4/c33-25-8-4-7-21(30(25)34)17-37-14-13-26(35-16-20-5-2-1-3-6-20)28(19-37)42-23-9-10-24-22(15-23)18-38(32(24)41)27-11-12-29(39)36-31(27)40/h1-10,15,26-28,35H,11-14,16-19H2,(H,36,39,40)/t26-,27?,28-/m1/s1. The molecule has 2 N–H and O–H groups in total. The molecule has 8 nitrogen and oxygen atoms in total. The second-order valence-corrected chi connectivity index (χ2v) is 11.1. The van der Waals surface area contributed by atoms with Crippen molar-refractivity contribution in [2.45, 2.75) is 57.1 Å². The van der Waals surface area contributed by atoms with Crippen LogP contribution < -0.4 is 15.4 Å². The van der Waals surface area contributed by atoms with E-state index in [9.17, 15) is 23.2 Å². The third-order valence-corrected chi connectivity index (χ3v) is 8.26. The summed E-state index contributed by atoms with van der Waals surface area (Å²) in [6.07, 6.45) is 0.924. The van der Waals surface area contributed by atoms with E-state index in [0.717, 1.165) is 23.6 Å². The van der Waals surface area contributed by atoms with E-state index in [4.69, 9.17) is 4.74 Å². The molecule has 0 spiro atoms. The first-order valence-electron chi connectivity index (χ1n) is 14.2. The minimum absolute atomic E-state index is 0.00586. The van der Waals surface area contributed by atoms with Gasteiger partial charge in [-0.05, 0) is 48.2 Å². The smallest absolute Gasteiger partial charge is 0.255 e. The fraction of sp³-hybridized carbons (Fsp3) is 0.344. The molecule has 10 heteroatoms. The Labute approximate surface area is 242 Å². The molecule has 0 radical (unpaired) electrons. The quantitative estimate of drug-likeness (QED) is 0.400. The minimum atomic E-state index is -0.862. The number of rotatable bonds is 8. The maximum atomic E-state index is 14.4. The molecule has 3 aromatic rings. The Morgan fingerprint density at radius 3 is 2.62 bits per heavy atom. The van der Waals surface area contributed by atoms with Gasteiger partial charge in [0, 0.05) is 56.3 Å². The van der Waals surface area contributed by atoms with Crippen LogP contribution in [0.25, 0.3) is 0 Å². The van der Waals surface area contributed by atoms with Crippen LogP contribution in [0, 0.1) is 11.6 Å². The van der Waals surface area contributed by atoms with E-state index in [1.54, 1.807) is 18.2 Å².